The van der Waals surface area contributed by atoms with E-state index >= 15 is 0 Å². The molecule has 28 heavy (non-hydrogen) atoms. The summed E-state index contributed by atoms with van der Waals surface area (Å²) < 4.78 is 5.69. The first-order valence-electron chi connectivity index (χ1n) is 9.24. The number of aromatic nitrogens is 2. The fourth-order valence-corrected chi connectivity index (χ4v) is 2.81. The molecule has 0 aliphatic heterocycles. The zero-order valence-corrected chi connectivity index (χ0v) is 16.9. The van der Waals surface area contributed by atoms with Gasteiger partial charge < -0.3 is 10.1 Å². The molecule has 0 saturated heterocycles. The van der Waals surface area contributed by atoms with Crippen molar-refractivity contribution in [1.29, 1.82) is 0 Å². The van der Waals surface area contributed by atoms with Gasteiger partial charge in [-0.15, -0.1) is 0 Å². The summed E-state index contributed by atoms with van der Waals surface area (Å²) in [5, 5.41) is 2.92. The van der Waals surface area contributed by atoms with E-state index in [9.17, 15) is 4.79 Å². The van der Waals surface area contributed by atoms with Crippen LogP contribution < -0.4 is 10.1 Å². The Hall–Kier alpha value is -3.21. The van der Waals surface area contributed by atoms with Gasteiger partial charge in [-0.05, 0) is 49.1 Å². The molecule has 0 saturated carbocycles. The summed E-state index contributed by atoms with van der Waals surface area (Å²) in [6, 6.07) is 17.3. The van der Waals surface area contributed by atoms with E-state index in [0.29, 0.717) is 28.4 Å². The topological polar surface area (TPSA) is 64.1 Å². The third-order valence-corrected chi connectivity index (χ3v) is 4.45. The molecule has 3 rings (SSSR count). The Morgan fingerprint density at radius 2 is 1.46 bits per heavy atom. The maximum atomic E-state index is 12.7. The van der Waals surface area contributed by atoms with E-state index in [1.165, 1.54) is 5.56 Å². The number of ether oxygens (including phenoxy) is 1. The van der Waals surface area contributed by atoms with Gasteiger partial charge in [0.25, 0.3) is 5.91 Å². The molecule has 2 aromatic carbocycles. The van der Waals surface area contributed by atoms with Crippen LogP contribution in [0.15, 0.2) is 54.6 Å². The summed E-state index contributed by atoms with van der Waals surface area (Å²) in [5.41, 5.74) is 3.73. The quantitative estimate of drug-likeness (QED) is 0.660. The summed E-state index contributed by atoms with van der Waals surface area (Å²) in [7, 11) is 0. The fourth-order valence-electron chi connectivity index (χ4n) is 2.81. The second-order valence-corrected chi connectivity index (χ2v) is 7.75. The SMILES string of the molecule is Cc1nc(Oc2ccccc2)nc(C)c1NC(=O)c1ccc(C(C)(C)C)cc1. The van der Waals surface area contributed by atoms with E-state index in [2.05, 4.69) is 36.1 Å². The second kappa shape index (κ2) is 7.80. The van der Waals surface area contributed by atoms with Gasteiger partial charge in [0.05, 0.1) is 17.1 Å². The van der Waals surface area contributed by atoms with Crippen LogP contribution in [-0.4, -0.2) is 15.9 Å². The lowest BCUT2D eigenvalue weighted by molar-refractivity contribution is 0.102. The standard InChI is InChI=1S/C23H25N3O2/c1-15-20(16(2)25-22(24-15)28-19-9-7-6-8-10-19)26-21(27)17-11-13-18(14-12-17)23(3,4)5/h6-14H,1-5H3,(H,26,27). The Bertz CT molecular complexity index is 952. The summed E-state index contributed by atoms with van der Waals surface area (Å²) in [6.45, 7) is 10.1. The Balaban J connectivity index is 1.77. The summed E-state index contributed by atoms with van der Waals surface area (Å²) in [5.74, 6) is 0.476. The van der Waals surface area contributed by atoms with Crippen molar-refractivity contribution in [2.75, 3.05) is 5.32 Å². The van der Waals surface area contributed by atoms with Crippen LogP contribution in [0.1, 0.15) is 48.1 Å². The van der Waals surface area contributed by atoms with Crippen LogP contribution in [0.2, 0.25) is 0 Å². The van der Waals surface area contributed by atoms with Crippen molar-refractivity contribution in [2.45, 2.75) is 40.0 Å². The first-order valence-corrected chi connectivity index (χ1v) is 9.24. The van der Waals surface area contributed by atoms with Crippen molar-refractivity contribution >= 4 is 11.6 Å². The number of carbonyl (C=O) groups excluding carboxylic acids is 1. The molecule has 1 N–H and O–H groups in total. The van der Waals surface area contributed by atoms with Gasteiger partial charge in [0.1, 0.15) is 5.75 Å². The molecule has 1 heterocycles. The number of rotatable bonds is 4. The molecule has 3 aromatic rings. The molecule has 0 unspecified atom stereocenters. The first kappa shape index (κ1) is 19.5. The van der Waals surface area contributed by atoms with E-state index in [0.717, 1.165) is 0 Å². The van der Waals surface area contributed by atoms with E-state index in [-0.39, 0.29) is 17.3 Å². The highest BCUT2D eigenvalue weighted by Gasteiger charge is 2.16. The number of hydrogen-bond donors (Lipinski definition) is 1. The van der Waals surface area contributed by atoms with Gasteiger partial charge in [-0.25, -0.2) is 0 Å². The zero-order chi connectivity index (χ0) is 20.3. The molecule has 1 aromatic heterocycles. The molecule has 0 spiro atoms. The van der Waals surface area contributed by atoms with E-state index in [1.807, 2.05) is 68.4 Å². The Morgan fingerprint density at radius 3 is 2.00 bits per heavy atom. The molecule has 144 valence electrons. The molecule has 1 amide bonds. The summed E-state index contributed by atoms with van der Waals surface area (Å²) in [4.78, 5) is 21.4. The van der Waals surface area contributed by atoms with E-state index in [1.54, 1.807) is 0 Å². The summed E-state index contributed by atoms with van der Waals surface area (Å²) >= 11 is 0. The van der Waals surface area contributed by atoms with Crippen LogP contribution in [-0.2, 0) is 5.41 Å². The van der Waals surface area contributed by atoms with Gasteiger partial charge in [0.15, 0.2) is 0 Å². The molecule has 5 nitrogen and oxygen atoms in total. The maximum absolute atomic E-state index is 12.7. The van der Waals surface area contributed by atoms with Crippen LogP contribution in [0.3, 0.4) is 0 Å². The minimum absolute atomic E-state index is 0.0462. The van der Waals surface area contributed by atoms with Crippen LogP contribution in [0.5, 0.6) is 11.8 Å². The maximum Gasteiger partial charge on any atom is 0.322 e. The van der Waals surface area contributed by atoms with Crippen molar-refractivity contribution in [3.05, 3.63) is 77.1 Å². The lowest BCUT2D eigenvalue weighted by Gasteiger charge is -2.19. The number of aryl methyl sites for hydroxylation is 2. The third-order valence-electron chi connectivity index (χ3n) is 4.45. The lowest BCUT2D eigenvalue weighted by Crippen LogP contribution is -2.16. The number of amides is 1. The number of anilines is 1. The predicted octanol–water partition coefficient (Wildman–Crippen LogP) is 5.44. The Kier molecular flexibility index (Phi) is 5.45. The van der Waals surface area contributed by atoms with Crippen molar-refractivity contribution in [2.24, 2.45) is 0 Å². The van der Waals surface area contributed by atoms with Crippen molar-refractivity contribution in [1.82, 2.24) is 9.97 Å². The minimum Gasteiger partial charge on any atom is -0.424 e. The molecule has 0 radical (unpaired) electrons. The fraction of sp³-hybridized carbons (Fsp3) is 0.261. The average molecular weight is 375 g/mol. The van der Waals surface area contributed by atoms with Crippen molar-refractivity contribution in [3.8, 4) is 11.8 Å². The molecule has 0 aliphatic carbocycles. The number of carbonyl (C=O) groups is 1. The highest BCUT2D eigenvalue weighted by molar-refractivity contribution is 6.04. The third kappa shape index (κ3) is 4.55. The molecule has 0 atom stereocenters. The number of hydrogen-bond acceptors (Lipinski definition) is 4. The van der Waals surface area contributed by atoms with Crippen LogP contribution in [0.25, 0.3) is 0 Å². The van der Waals surface area contributed by atoms with Gasteiger partial charge in [-0.2, -0.15) is 9.97 Å². The molecular formula is C23H25N3O2. The number of benzene rings is 2. The molecular weight excluding hydrogens is 350 g/mol. The highest BCUT2D eigenvalue weighted by atomic mass is 16.5. The lowest BCUT2D eigenvalue weighted by atomic mass is 9.87. The second-order valence-electron chi connectivity index (χ2n) is 7.75. The normalized spacial score (nSPS) is 11.2. The number of nitrogens with one attached hydrogen (secondary N) is 1. The first-order chi connectivity index (χ1) is 13.2. The molecule has 5 heteroatoms. The Labute approximate surface area is 165 Å². The zero-order valence-electron chi connectivity index (χ0n) is 16.9. The van der Waals surface area contributed by atoms with Crippen LogP contribution >= 0.6 is 0 Å². The van der Waals surface area contributed by atoms with Crippen LogP contribution in [0.4, 0.5) is 5.69 Å². The number of para-hydroxylation sites is 1. The smallest absolute Gasteiger partial charge is 0.322 e. The van der Waals surface area contributed by atoms with Crippen molar-refractivity contribution in [3.63, 3.8) is 0 Å². The monoisotopic (exact) mass is 375 g/mol. The molecule has 0 fully saturated rings. The van der Waals surface area contributed by atoms with Gasteiger partial charge in [-0.3, -0.25) is 4.79 Å². The highest BCUT2D eigenvalue weighted by Crippen LogP contribution is 2.25. The molecule has 0 aliphatic rings. The minimum atomic E-state index is -0.188. The van der Waals surface area contributed by atoms with Gasteiger partial charge in [0, 0.05) is 5.56 Å². The average Bonchev–Trinajstić information content (AvgIpc) is 2.65. The van der Waals surface area contributed by atoms with Gasteiger partial charge >= 0.3 is 6.01 Å². The van der Waals surface area contributed by atoms with E-state index < -0.39 is 0 Å². The van der Waals surface area contributed by atoms with E-state index in [4.69, 9.17) is 4.74 Å². The van der Waals surface area contributed by atoms with Crippen LogP contribution in [0, 0.1) is 13.8 Å². The largest absolute Gasteiger partial charge is 0.424 e. The molecule has 0 bridgehead atoms. The van der Waals surface area contributed by atoms with Gasteiger partial charge in [0.2, 0.25) is 0 Å². The summed E-state index contributed by atoms with van der Waals surface area (Å²) in [6.07, 6.45) is 0. The van der Waals surface area contributed by atoms with Gasteiger partial charge in [-0.1, -0.05) is 51.1 Å². The predicted molar refractivity (Wildman–Crippen MR) is 111 cm³/mol. The number of nitrogens with zero attached hydrogens (tertiary/aromatic N) is 2. The van der Waals surface area contributed by atoms with Crippen molar-refractivity contribution < 1.29 is 9.53 Å². The Morgan fingerprint density at radius 1 is 0.893 bits per heavy atom.